The minimum Gasteiger partial charge on any atom is -0.314 e. The van der Waals surface area contributed by atoms with Crippen LogP contribution in [0.1, 0.15) is 65.2 Å². The summed E-state index contributed by atoms with van der Waals surface area (Å²) in [6.45, 7) is 8.94. The second-order valence-electron chi connectivity index (χ2n) is 7.91. The number of likely N-dealkylation sites (tertiary alicyclic amines) is 1. The van der Waals surface area contributed by atoms with Gasteiger partial charge in [-0.3, -0.25) is 4.90 Å². The van der Waals surface area contributed by atoms with E-state index < -0.39 is 0 Å². The number of rotatable bonds is 4. The van der Waals surface area contributed by atoms with Gasteiger partial charge in [0.2, 0.25) is 0 Å². The molecule has 0 bridgehead atoms. The Bertz CT molecular complexity index is 288. The first kappa shape index (κ1) is 13.9. The van der Waals surface area contributed by atoms with Gasteiger partial charge in [-0.05, 0) is 69.5 Å². The van der Waals surface area contributed by atoms with Crippen molar-refractivity contribution in [3.63, 3.8) is 0 Å². The largest absolute Gasteiger partial charge is 0.314 e. The molecule has 1 aliphatic heterocycles. The Hall–Kier alpha value is -0.0800. The summed E-state index contributed by atoms with van der Waals surface area (Å²) in [4.78, 5) is 2.81. The Morgan fingerprint density at radius 2 is 1.74 bits per heavy atom. The zero-order valence-corrected chi connectivity index (χ0v) is 13.0. The number of nitrogens with one attached hydrogen (secondary N) is 1. The lowest BCUT2D eigenvalue weighted by molar-refractivity contribution is 0.0297. The van der Waals surface area contributed by atoms with Crippen LogP contribution in [0.3, 0.4) is 0 Å². The highest BCUT2D eigenvalue weighted by atomic mass is 15.2. The highest BCUT2D eigenvalue weighted by Gasteiger charge is 2.37. The molecule has 1 saturated heterocycles. The Balaban J connectivity index is 1.45. The predicted octanol–water partition coefficient (Wildman–Crippen LogP) is 3.42. The maximum Gasteiger partial charge on any atom is 0.0146 e. The van der Waals surface area contributed by atoms with Crippen LogP contribution < -0.4 is 5.32 Å². The second kappa shape index (κ2) is 5.73. The molecule has 2 aliphatic carbocycles. The summed E-state index contributed by atoms with van der Waals surface area (Å²) in [5, 5.41) is 3.80. The van der Waals surface area contributed by atoms with E-state index in [2.05, 4.69) is 24.1 Å². The van der Waals surface area contributed by atoms with Gasteiger partial charge in [-0.25, -0.2) is 0 Å². The molecule has 3 fully saturated rings. The van der Waals surface area contributed by atoms with Crippen LogP contribution in [0, 0.1) is 11.3 Å². The van der Waals surface area contributed by atoms with Crippen molar-refractivity contribution in [2.75, 3.05) is 19.6 Å². The van der Waals surface area contributed by atoms with Crippen LogP contribution in [0.2, 0.25) is 0 Å². The number of nitrogens with zero attached hydrogens (tertiary/aromatic N) is 1. The molecular formula is C17H32N2. The van der Waals surface area contributed by atoms with E-state index in [4.69, 9.17) is 0 Å². The lowest BCUT2D eigenvalue weighted by atomic mass is 9.72. The maximum atomic E-state index is 3.80. The Kier molecular flexibility index (Phi) is 4.19. The van der Waals surface area contributed by atoms with Gasteiger partial charge in [0.25, 0.3) is 0 Å². The second-order valence-corrected chi connectivity index (χ2v) is 7.91. The van der Waals surface area contributed by atoms with Crippen LogP contribution in [0.5, 0.6) is 0 Å². The molecule has 1 heterocycles. The highest BCUT2D eigenvalue weighted by Crippen LogP contribution is 2.39. The third-order valence-corrected chi connectivity index (χ3v) is 5.81. The summed E-state index contributed by atoms with van der Waals surface area (Å²) < 4.78 is 0. The van der Waals surface area contributed by atoms with Crippen molar-refractivity contribution in [2.24, 2.45) is 11.3 Å². The smallest absolute Gasteiger partial charge is 0.0146 e. The summed E-state index contributed by atoms with van der Waals surface area (Å²) in [5.74, 6) is 1.02. The van der Waals surface area contributed by atoms with Gasteiger partial charge in [-0.1, -0.05) is 26.7 Å². The van der Waals surface area contributed by atoms with E-state index in [0.29, 0.717) is 5.41 Å². The molecule has 3 rings (SSSR count). The van der Waals surface area contributed by atoms with Crippen LogP contribution in [0.4, 0.5) is 0 Å². The van der Waals surface area contributed by atoms with E-state index in [-0.39, 0.29) is 0 Å². The lowest BCUT2D eigenvalue weighted by Gasteiger charge is -2.48. The van der Waals surface area contributed by atoms with Crippen LogP contribution in [-0.4, -0.2) is 36.6 Å². The normalized spacial score (nSPS) is 33.5. The lowest BCUT2D eigenvalue weighted by Crippen LogP contribution is -2.52. The summed E-state index contributed by atoms with van der Waals surface area (Å²) in [7, 11) is 0. The van der Waals surface area contributed by atoms with E-state index in [1.165, 1.54) is 71.0 Å². The minimum absolute atomic E-state index is 0.548. The van der Waals surface area contributed by atoms with E-state index in [9.17, 15) is 0 Å². The zero-order valence-electron chi connectivity index (χ0n) is 13.0. The van der Waals surface area contributed by atoms with Crippen molar-refractivity contribution in [1.29, 1.82) is 0 Å². The fraction of sp³-hybridized carbons (Fsp3) is 1.00. The molecule has 1 atom stereocenters. The molecule has 19 heavy (non-hydrogen) atoms. The predicted molar refractivity (Wildman–Crippen MR) is 81.4 cm³/mol. The molecule has 3 aliphatic rings. The van der Waals surface area contributed by atoms with Gasteiger partial charge in [0.15, 0.2) is 0 Å². The first-order chi connectivity index (χ1) is 9.15. The fourth-order valence-electron chi connectivity index (χ4n) is 4.22. The van der Waals surface area contributed by atoms with Crippen molar-refractivity contribution >= 4 is 0 Å². The standard InChI is InChI=1S/C17H32N2/c1-17(2)10-4-3-5-16(17)19-11-8-15(9-12-19)18-13-14-6-7-14/h14-16,18H,3-13H2,1-2H3. The molecule has 0 aromatic heterocycles. The van der Waals surface area contributed by atoms with Crippen LogP contribution in [0.25, 0.3) is 0 Å². The number of hydrogen-bond donors (Lipinski definition) is 1. The molecule has 1 N–H and O–H groups in total. The number of hydrogen-bond acceptors (Lipinski definition) is 2. The first-order valence-corrected chi connectivity index (χ1v) is 8.62. The van der Waals surface area contributed by atoms with E-state index in [1.807, 2.05) is 0 Å². The van der Waals surface area contributed by atoms with Gasteiger partial charge in [-0.2, -0.15) is 0 Å². The van der Waals surface area contributed by atoms with Crippen molar-refractivity contribution in [2.45, 2.75) is 77.3 Å². The van der Waals surface area contributed by atoms with Gasteiger partial charge in [0, 0.05) is 12.1 Å². The summed E-state index contributed by atoms with van der Waals surface area (Å²) >= 11 is 0. The topological polar surface area (TPSA) is 15.3 Å². The Labute approximate surface area is 119 Å². The van der Waals surface area contributed by atoms with Crippen molar-refractivity contribution in [1.82, 2.24) is 10.2 Å². The van der Waals surface area contributed by atoms with Crippen molar-refractivity contribution in [3.05, 3.63) is 0 Å². The van der Waals surface area contributed by atoms with Crippen LogP contribution in [-0.2, 0) is 0 Å². The minimum atomic E-state index is 0.548. The molecule has 1 unspecified atom stereocenters. The van der Waals surface area contributed by atoms with E-state index in [0.717, 1.165) is 18.0 Å². The molecule has 0 radical (unpaired) electrons. The quantitative estimate of drug-likeness (QED) is 0.837. The van der Waals surface area contributed by atoms with Gasteiger partial charge >= 0.3 is 0 Å². The SMILES string of the molecule is CC1(C)CCCCC1N1CCC(NCC2CC2)CC1. The van der Waals surface area contributed by atoms with Crippen molar-refractivity contribution < 1.29 is 0 Å². The fourth-order valence-corrected chi connectivity index (χ4v) is 4.22. The average Bonchev–Trinajstić information content (AvgIpc) is 3.21. The molecule has 2 saturated carbocycles. The molecule has 0 spiro atoms. The van der Waals surface area contributed by atoms with Crippen molar-refractivity contribution in [3.8, 4) is 0 Å². The zero-order chi connectivity index (χ0) is 13.3. The summed E-state index contributed by atoms with van der Waals surface area (Å²) in [5.41, 5.74) is 0.548. The average molecular weight is 264 g/mol. The summed E-state index contributed by atoms with van der Waals surface area (Å²) in [6, 6.07) is 1.66. The molecule has 2 nitrogen and oxygen atoms in total. The molecule has 0 amide bonds. The van der Waals surface area contributed by atoms with Crippen LogP contribution >= 0.6 is 0 Å². The maximum absolute atomic E-state index is 3.80. The Morgan fingerprint density at radius 1 is 1.00 bits per heavy atom. The van der Waals surface area contributed by atoms with E-state index >= 15 is 0 Å². The van der Waals surface area contributed by atoms with Gasteiger partial charge < -0.3 is 5.32 Å². The van der Waals surface area contributed by atoms with E-state index in [1.54, 1.807) is 0 Å². The summed E-state index contributed by atoms with van der Waals surface area (Å²) in [6.07, 6.45) is 11.5. The van der Waals surface area contributed by atoms with Gasteiger partial charge in [-0.15, -0.1) is 0 Å². The Morgan fingerprint density at radius 3 is 2.37 bits per heavy atom. The molecule has 0 aromatic carbocycles. The molecule has 0 aromatic rings. The van der Waals surface area contributed by atoms with Crippen LogP contribution in [0.15, 0.2) is 0 Å². The third-order valence-electron chi connectivity index (χ3n) is 5.81. The highest BCUT2D eigenvalue weighted by molar-refractivity contribution is 4.92. The monoisotopic (exact) mass is 264 g/mol. The third kappa shape index (κ3) is 3.52. The molecular weight excluding hydrogens is 232 g/mol. The molecule has 2 heteroatoms. The molecule has 110 valence electrons. The number of piperidine rings is 1. The van der Waals surface area contributed by atoms with Gasteiger partial charge in [0.05, 0.1) is 0 Å². The first-order valence-electron chi connectivity index (χ1n) is 8.62. The van der Waals surface area contributed by atoms with Gasteiger partial charge in [0.1, 0.15) is 0 Å².